The highest BCUT2D eigenvalue weighted by Gasteiger charge is 2.21. The van der Waals surface area contributed by atoms with Gasteiger partial charge in [-0.2, -0.15) is 0 Å². The van der Waals surface area contributed by atoms with Gasteiger partial charge in [-0.1, -0.05) is 49.6 Å². The van der Waals surface area contributed by atoms with E-state index >= 15 is 0 Å². The lowest BCUT2D eigenvalue weighted by atomic mass is 10.00. The van der Waals surface area contributed by atoms with Crippen LogP contribution in [0.1, 0.15) is 57.1 Å². The molecule has 1 N–H and O–H groups in total. The molecule has 0 saturated carbocycles. The molecule has 2 heterocycles. The normalized spacial score (nSPS) is 14.9. The first-order valence-corrected chi connectivity index (χ1v) is 17.0. The van der Waals surface area contributed by atoms with Gasteiger partial charge in [0.2, 0.25) is 0 Å². The molecule has 2 aliphatic heterocycles. The van der Waals surface area contributed by atoms with Gasteiger partial charge in [0.15, 0.2) is 0 Å². The van der Waals surface area contributed by atoms with Crippen molar-refractivity contribution in [2.45, 2.75) is 58.5 Å². The van der Waals surface area contributed by atoms with Gasteiger partial charge in [0.05, 0.1) is 13.2 Å². The lowest BCUT2D eigenvalue weighted by molar-refractivity contribution is -0.112. The van der Waals surface area contributed by atoms with Crippen LogP contribution >= 0.6 is 0 Å². The van der Waals surface area contributed by atoms with Crippen LogP contribution < -0.4 is 15.0 Å². The van der Waals surface area contributed by atoms with Crippen LogP contribution in [0.25, 0.3) is 17.2 Å². The Morgan fingerprint density at radius 2 is 1.77 bits per heavy atom. The second kappa shape index (κ2) is 17.7. The van der Waals surface area contributed by atoms with Gasteiger partial charge < -0.3 is 24.4 Å². The summed E-state index contributed by atoms with van der Waals surface area (Å²) in [6.07, 6.45) is 7.02. The first kappa shape index (κ1) is 34.3. The van der Waals surface area contributed by atoms with E-state index < -0.39 is 0 Å². The maximum Gasteiger partial charge on any atom is 0.251 e. The molecular weight excluding hydrogens is 586 g/mol. The van der Waals surface area contributed by atoms with Crippen LogP contribution in [-0.2, 0) is 20.8 Å². The van der Waals surface area contributed by atoms with Crippen LogP contribution in [0.3, 0.4) is 0 Å². The third kappa shape index (κ3) is 9.95. The summed E-state index contributed by atoms with van der Waals surface area (Å²) in [5.41, 5.74) is 7.05. The molecular formula is C40H49N3O4. The van der Waals surface area contributed by atoms with Gasteiger partial charge in [-0.25, -0.2) is 0 Å². The Morgan fingerprint density at radius 1 is 1.00 bits per heavy atom. The summed E-state index contributed by atoms with van der Waals surface area (Å²) >= 11 is 0. The van der Waals surface area contributed by atoms with Crippen molar-refractivity contribution in [3.05, 3.63) is 83.4 Å². The molecule has 0 spiro atoms. The molecule has 0 bridgehead atoms. The third-order valence-corrected chi connectivity index (χ3v) is 8.87. The molecule has 7 heteroatoms. The minimum absolute atomic E-state index is 0.0722. The Labute approximate surface area is 280 Å². The number of amides is 1. The number of benzene rings is 3. The average Bonchev–Trinajstić information content (AvgIpc) is 3.29. The fourth-order valence-corrected chi connectivity index (χ4v) is 6.05. The van der Waals surface area contributed by atoms with Crippen LogP contribution in [0.2, 0.25) is 0 Å². The van der Waals surface area contributed by atoms with Crippen molar-refractivity contribution in [2.24, 2.45) is 0 Å². The number of hydrogen-bond acceptors (Lipinski definition) is 6. The van der Waals surface area contributed by atoms with E-state index in [0.29, 0.717) is 38.8 Å². The topological polar surface area (TPSA) is 63.3 Å². The lowest BCUT2D eigenvalue weighted by Gasteiger charge is -2.31. The SMILES string of the molecule is CC#CCN1CCC(C(=O)Nc2ccc(CN(C)C3CCOCC3)cc2)=Cc2cc(-c3ccc(OCCOCCCC)cc3)ccc21. The summed E-state index contributed by atoms with van der Waals surface area (Å²) in [5, 5.41) is 3.15. The van der Waals surface area contributed by atoms with Crippen molar-refractivity contribution in [1.82, 2.24) is 4.90 Å². The number of hydrogen-bond donors (Lipinski definition) is 1. The summed E-state index contributed by atoms with van der Waals surface area (Å²) in [5.74, 6) is 6.99. The van der Waals surface area contributed by atoms with Gasteiger partial charge >= 0.3 is 0 Å². The van der Waals surface area contributed by atoms with E-state index in [1.165, 1.54) is 5.56 Å². The molecule has 248 valence electrons. The zero-order valence-electron chi connectivity index (χ0n) is 28.2. The number of ether oxygens (including phenoxy) is 3. The van der Waals surface area contributed by atoms with Gasteiger partial charge in [-0.05, 0) is 104 Å². The zero-order chi connectivity index (χ0) is 32.8. The highest BCUT2D eigenvalue weighted by molar-refractivity contribution is 6.07. The van der Waals surface area contributed by atoms with E-state index in [1.807, 2.05) is 37.3 Å². The molecule has 5 rings (SSSR count). The monoisotopic (exact) mass is 635 g/mol. The number of rotatable bonds is 14. The van der Waals surface area contributed by atoms with Gasteiger partial charge in [0.1, 0.15) is 12.4 Å². The first-order valence-electron chi connectivity index (χ1n) is 17.0. The van der Waals surface area contributed by atoms with E-state index in [0.717, 1.165) is 91.4 Å². The predicted octanol–water partition coefficient (Wildman–Crippen LogP) is 7.42. The largest absolute Gasteiger partial charge is 0.491 e. The maximum atomic E-state index is 13.6. The Bertz CT molecular complexity index is 1530. The third-order valence-electron chi connectivity index (χ3n) is 8.87. The van der Waals surface area contributed by atoms with E-state index in [1.54, 1.807) is 0 Å². The zero-order valence-corrected chi connectivity index (χ0v) is 28.2. The number of carbonyl (C=O) groups is 1. The Kier molecular flexibility index (Phi) is 12.9. The molecule has 0 radical (unpaired) electrons. The second-order valence-corrected chi connectivity index (χ2v) is 12.3. The minimum atomic E-state index is -0.0722. The molecule has 0 aliphatic carbocycles. The minimum Gasteiger partial charge on any atom is -0.491 e. The Balaban J connectivity index is 1.26. The fraction of sp³-hybridized carbons (Fsp3) is 0.425. The van der Waals surface area contributed by atoms with Crippen molar-refractivity contribution in [3.8, 4) is 28.7 Å². The van der Waals surface area contributed by atoms with Crippen molar-refractivity contribution < 1.29 is 19.0 Å². The molecule has 1 saturated heterocycles. The van der Waals surface area contributed by atoms with E-state index in [-0.39, 0.29) is 5.91 Å². The maximum absolute atomic E-state index is 13.6. The number of carbonyl (C=O) groups excluding carboxylic acids is 1. The van der Waals surface area contributed by atoms with Gasteiger partial charge in [0.25, 0.3) is 5.91 Å². The molecule has 3 aromatic carbocycles. The Morgan fingerprint density at radius 3 is 2.51 bits per heavy atom. The Hall–Kier alpha value is -4.09. The summed E-state index contributed by atoms with van der Waals surface area (Å²) in [6, 6.07) is 23.4. The molecule has 2 aliphatic rings. The molecule has 0 atom stereocenters. The van der Waals surface area contributed by atoms with Crippen LogP contribution in [0.15, 0.2) is 72.3 Å². The summed E-state index contributed by atoms with van der Waals surface area (Å²) in [4.78, 5) is 18.3. The van der Waals surface area contributed by atoms with Crippen LogP contribution in [0.5, 0.6) is 5.75 Å². The van der Waals surface area contributed by atoms with Crippen molar-refractivity contribution in [1.29, 1.82) is 0 Å². The quantitative estimate of drug-likeness (QED) is 0.147. The standard InChI is InChI=1S/C40H49N3O4/c1-4-6-21-43-22-18-34(40(44)41-36-13-8-31(9-14-36)30-42(3)37-19-24-46-25-20-37)29-35-28-33(12-17-39(35)43)32-10-15-38(16-11-32)47-27-26-45-23-7-5-2/h8-17,28-29,37H,5,7,18-27,30H2,1-3H3,(H,41,44). The van der Waals surface area contributed by atoms with Gasteiger partial charge in [-0.3, -0.25) is 9.69 Å². The number of nitrogens with zero attached hydrogens (tertiary/aromatic N) is 2. The molecule has 1 amide bonds. The molecule has 0 unspecified atom stereocenters. The highest BCUT2D eigenvalue weighted by Crippen LogP contribution is 2.33. The van der Waals surface area contributed by atoms with Crippen LogP contribution in [0, 0.1) is 11.8 Å². The molecule has 1 fully saturated rings. The van der Waals surface area contributed by atoms with Gasteiger partial charge in [0, 0.05) is 55.9 Å². The van der Waals surface area contributed by atoms with Crippen LogP contribution in [-0.4, -0.2) is 70.0 Å². The lowest BCUT2D eigenvalue weighted by Crippen LogP contribution is -2.36. The average molecular weight is 636 g/mol. The van der Waals surface area contributed by atoms with E-state index in [9.17, 15) is 4.79 Å². The fourth-order valence-electron chi connectivity index (χ4n) is 6.05. The molecule has 7 nitrogen and oxygen atoms in total. The number of nitrogens with one attached hydrogen (secondary N) is 1. The number of anilines is 2. The summed E-state index contributed by atoms with van der Waals surface area (Å²) in [7, 11) is 2.18. The first-order chi connectivity index (χ1) is 23.0. The number of fused-ring (bicyclic) bond motifs is 1. The molecule has 3 aromatic rings. The van der Waals surface area contributed by atoms with Crippen molar-refractivity contribution >= 4 is 23.4 Å². The smallest absolute Gasteiger partial charge is 0.251 e. The predicted molar refractivity (Wildman–Crippen MR) is 192 cm³/mol. The van der Waals surface area contributed by atoms with Crippen LogP contribution in [0.4, 0.5) is 11.4 Å². The van der Waals surface area contributed by atoms with E-state index in [4.69, 9.17) is 14.2 Å². The highest BCUT2D eigenvalue weighted by atomic mass is 16.5. The summed E-state index contributed by atoms with van der Waals surface area (Å²) in [6.45, 7) is 9.80. The van der Waals surface area contributed by atoms with Crippen molar-refractivity contribution in [3.63, 3.8) is 0 Å². The second-order valence-electron chi connectivity index (χ2n) is 12.3. The molecule has 47 heavy (non-hydrogen) atoms. The number of unbranched alkanes of at least 4 members (excludes halogenated alkanes) is 1. The van der Waals surface area contributed by atoms with Crippen molar-refractivity contribution in [2.75, 3.05) is 63.4 Å². The molecule has 0 aromatic heterocycles. The van der Waals surface area contributed by atoms with Gasteiger partial charge in [-0.15, -0.1) is 5.92 Å². The summed E-state index contributed by atoms with van der Waals surface area (Å²) < 4.78 is 17.0. The van der Waals surface area contributed by atoms with E-state index in [2.05, 4.69) is 83.4 Å².